The fourth-order valence-electron chi connectivity index (χ4n) is 1.89. The number of carbonyl (C=O) groups is 1. The number of nitrogens with one attached hydrogen (secondary N) is 1. The summed E-state index contributed by atoms with van der Waals surface area (Å²) in [7, 11) is 2.01. The molecule has 1 heterocycles. The van der Waals surface area contributed by atoms with Gasteiger partial charge in [0.1, 0.15) is 5.75 Å². The van der Waals surface area contributed by atoms with Gasteiger partial charge in [-0.25, -0.2) is 0 Å². The van der Waals surface area contributed by atoms with Gasteiger partial charge in [-0.2, -0.15) is 0 Å². The molecule has 3 N–H and O–H groups in total. The van der Waals surface area contributed by atoms with Crippen LogP contribution in [0.1, 0.15) is 20.3 Å². The molecule has 1 aliphatic rings. The molecule has 1 amide bonds. The van der Waals surface area contributed by atoms with Crippen molar-refractivity contribution in [3.8, 4) is 5.75 Å². The number of carbonyl (C=O) groups excluding carboxylic acids is 1. The van der Waals surface area contributed by atoms with E-state index >= 15 is 0 Å². The van der Waals surface area contributed by atoms with Crippen LogP contribution in [0.4, 0.5) is 11.4 Å². The van der Waals surface area contributed by atoms with Crippen molar-refractivity contribution in [2.45, 2.75) is 25.8 Å². The van der Waals surface area contributed by atoms with Crippen molar-refractivity contribution in [1.82, 2.24) is 0 Å². The number of hydrogen-bond donors (Lipinski definition) is 2. The SMILES string of the molecule is CN(CCC(C)(C)N)c1ccc2c(c1)NC(=O)CO2. The Morgan fingerprint density at radius 3 is 2.89 bits per heavy atom. The standard InChI is InChI=1S/C14H21N3O2/c1-14(2,15)6-7-17(3)10-4-5-12-11(8-10)16-13(18)9-19-12/h4-5,8H,6-7,9,15H2,1-3H3,(H,16,18). The Bertz CT molecular complexity index is 480. The Kier molecular flexibility index (Phi) is 3.66. The third kappa shape index (κ3) is 3.61. The molecular formula is C14H21N3O2. The van der Waals surface area contributed by atoms with Gasteiger partial charge in [0, 0.05) is 24.8 Å². The maximum atomic E-state index is 11.3. The van der Waals surface area contributed by atoms with Crippen molar-refractivity contribution in [3.05, 3.63) is 18.2 Å². The summed E-state index contributed by atoms with van der Waals surface area (Å²) in [5.74, 6) is 0.603. The number of benzene rings is 1. The molecule has 0 aliphatic carbocycles. The van der Waals surface area contributed by atoms with Crippen LogP contribution >= 0.6 is 0 Å². The Morgan fingerprint density at radius 2 is 2.21 bits per heavy atom. The number of anilines is 2. The molecule has 104 valence electrons. The molecule has 0 saturated carbocycles. The monoisotopic (exact) mass is 263 g/mol. The third-order valence-electron chi connectivity index (χ3n) is 3.13. The van der Waals surface area contributed by atoms with E-state index in [0.717, 1.165) is 30.1 Å². The minimum absolute atomic E-state index is 0.0869. The van der Waals surface area contributed by atoms with Crippen LogP contribution in [-0.2, 0) is 4.79 Å². The first-order valence-electron chi connectivity index (χ1n) is 6.42. The van der Waals surface area contributed by atoms with Crippen molar-refractivity contribution >= 4 is 17.3 Å². The molecule has 0 saturated heterocycles. The summed E-state index contributed by atoms with van der Waals surface area (Å²) >= 11 is 0. The Morgan fingerprint density at radius 1 is 1.47 bits per heavy atom. The summed E-state index contributed by atoms with van der Waals surface area (Å²) in [6.07, 6.45) is 0.892. The van der Waals surface area contributed by atoms with Crippen LogP contribution < -0.4 is 20.7 Å². The molecule has 0 radical (unpaired) electrons. The normalized spacial score (nSPS) is 14.4. The number of ether oxygens (including phenoxy) is 1. The van der Waals surface area contributed by atoms with E-state index in [1.165, 1.54) is 0 Å². The number of amides is 1. The van der Waals surface area contributed by atoms with Gasteiger partial charge < -0.3 is 20.7 Å². The molecule has 0 unspecified atom stereocenters. The molecule has 0 spiro atoms. The lowest BCUT2D eigenvalue weighted by Crippen LogP contribution is -2.36. The second-order valence-electron chi connectivity index (χ2n) is 5.68. The summed E-state index contributed by atoms with van der Waals surface area (Å²) in [4.78, 5) is 13.4. The quantitative estimate of drug-likeness (QED) is 0.865. The molecule has 1 aromatic carbocycles. The summed E-state index contributed by atoms with van der Waals surface area (Å²) < 4.78 is 5.33. The van der Waals surface area contributed by atoms with Crippen LogP contribution in [0.3, 0.4) is 0 Å². The largest absolute Gasteiger partial charge is 0.482 e. The smallest absolute Gasteiger partial charge is 0.262 e. The second-order valence-corrected chi connectivity index (χ2v) is 5.68. The van der Waals surface area contributed by atoms with Crippen molar-refractivity contribution < 1.29 is 9.53 Å². The average molecular weight is 263 g/mol. The van der Waals surface area contributed by atoms with Gasteiger partial charge in [-0.15, -0.1) is 0 Å². The highest BCUT2D eigenvalue weighted by atomic mass is 16.5. The van der Waals surface area contributed by atoms with E-state index in [0.29, 0.717) is 0 Å². The number of hydrogen-bond acceptors (Lipinski definition) is 4. The molecule has 0 fully saturated rings. The molecule has 5 nitrogen and oxygen atoms in total. The molecule has 19 heavy (non-hydrogen) atoms. The predicted octanol–water partition coefficient (Wildman–Crippen LogP) is 1.58. The number of nitrogens with zero attached hydrogens (tertiary/aromatic N) is 1. The first-order chi connectivity index (χ1) is 8.85. The van der Waals surface area contributed by atoms with E-state index in [9.17, 15) is 4.79 Å². The molecule has 0 aromatic heterocycles. The first kappa shape index (κ1) is 13.7. The zero-order chi connectivity index (χ0) is 14.0. The van der Waals surface area contributed by atoms with Crippen molar-refractivity contribution in [1.29, 1.82) is 0 Å². The molecule has 1 aliphatic heterocycles. The van der Waals surface area contributed by atoms with Gasteiger partial charge in [-0.3, -0.25) is 4.79 Å². The van der Waals surface area contributed by atoms with Gasteiger partial charge >= 0.3 is 0 Å². The first-order valence-corrected chi connectivity index (χ1v) is 6.42. The maximum absolute atomic E-state index is 11.3. The fraction of sp³-hybridized carbons (Fsp3) is 0.500. The minimum Gasteiger partial charge on any atom is -0.482 e. The van der Waals surface area contributed by atoms with E-state index < -0.39 is 0 Å². The summed E-state index contributed by atoms with van der Waals surface area (Å²) in [5, 5.41) is 2.81. The molecule has 2 rings (SSSR count). The van der Waals surface area contributed by atoms with Gasteiger partial charge in [0.25, 0.3) is 5.91 Å². The average Bonchev–Trinajstić information content (AvgIpc) is 2.34. The van der Waals surface area contributed by atoms with Crippen LogP contribution in [0.15, 0.2) is 18.2 Å². The molecule has 0 bridgehead atoms. The topological polar surface area (TPSA) is 67.6 Å². The van der Waals surface area contributed by atoms with Crippen molar-refractivity contribution in [2.24, 2.45) is 5.73 Å². The lowest BCUT2D eigenvalue weighted by molar-refractivity contribution is -0.118. The zero-order valence-corrected chi connectivity index (χ0v) is 11.7. The van der Waals surface area contributed by atoms with Gasteiger partial charge in [0.2, 0.25) is 0 Å². The van der Waals surface area contributed by atoms with E-state index in [4.69, 9.17) is 10.5 Å². The van der Waals surface area contributed by atoms with E-state index in [1.54, 1.807) is 0 Å². The molecule has 0 atom stereocenters. The molecular weight excluding hydrogens is 242 g/mol. The van der Waals surface area contributed by atoms with Gasteiger partial charge in [0.15, 0.2) is 6.61 Å². The maximum Gasteiger partial charge on any atom is 0.262 e. The van der Waals surface area contributed by atoms with Crippen molar-refractivity contribution in [3.63, 3.8) is 0 Å². The highest BCUT2D eigenvalue weighted by molar-refractivity contribution is 5.96. The number of nitrogens with two attached hydrogens (primary N) is 1. The Hall–Kier alpha value is -1.75. The Balaban J connectivity index is 2.08. The number of rotatable bonds is 4. The minimum atomic E-state index is -0.181. The zero-order valence-electron chi connectivity index (χ0n) is 11.7. The van der Waals surface area contributed by atoms with Gasteiger partial charge in [-0.05, 0) is 38.5 Å². The third-order valence-corrected chi connectivity index (χ3v) is 3.13. The second kappa shape index (κ2) is 5.09. The molecule has 5 heteroatoms. The highest BCUT2D eigenvalue weighted by Gasteiger charge is 2.17. The van der Waals surface area contributed by atoms with Gasteiger partial charge in [-0.1, -0.05) is 0 Å². The van der Waals surface area contributed by atoms with E-state index in [1.807, 2.05) is 39.1 Å². The van der Waals surface area contributed by atoms with Crippen LogP contribution in [-0.4, -0.2) is 31.6 Å². The highest BCUT2D eigenvalue weighted by Crippen LogP contribution is 2.31. The predicted molar refractivity (Wildman–Crippen MR) is 76.7 cm³/mol. The van der Waals surface area contributed by atoms with Crippen LogP contribution in [0.5, 0.6) is 5.75 Å². The number of fused-ring (bicyclic) bond motifs is 1. The van der Waals surface area contributed by atoms with Crippen LogP contribution in [0.2, 0.25) is 0 Å². The lowest BCUT2D eigenvalue weighted by Gasteiger charge is -2.26. The van der Waals surface area contributed by atoms with Gasteiger partial charge in [0.05, 0.1) is 5.69 Å². The van der Waals surface area contributed by atoms with E-state index in [2.05, 4.69) is 10.2 Å². The van der Waals surface area contributed by atoms with E-state index in [-0.39, 0.29) is 18.1 Å². The van der Waals surface area contributed by atoms with Crippen LogP contribution in [0.25, 0.3) is 0 Å². The molecule has 1 aromatic rings. The summed E-state index contributed by atoms with van der Waals surface area (Å²) in [6, 6.07) is 5.80. The Labute approximate surface area is 113 Å². The van der Waals surface area contributed by atoms with Crippen LogP contribution in [0, 0.1) is 0 Å². The lowest BCUT2D eigenvalue weighted by atomic mass is 10.0. The summed E-state index contributed by atoms with van der Waals surface area (Å²) in [5.41, 5.74) is 7.57. The summed E-state index contributed by atoms with van der Waals surface area (Å²) in [6.45, 7) is 4.98. The van der Waals surface area contributed by atoms with Crippen molar-refractivity contribution in [2.75, 3.05) is 30.4 Å². The fourth-order valence-corrected chi connectivity index (χ4v) is 1.89.